The van der Waals surface area contributed by atoms with E-state index in [1.807, 2.05) is 0 Å². The van der Waals surface area contributed by atoms with Gasteiger partial charge in [-0.15, -0.1) is 10.2 Å². The van der Waals surface area contributed by atoms with Gasteiger partial charge in [0.1, 0.15) is 12.2 Å². The monoisotopic (exact) mass is 282 g/mol. The van der Waals surface area contributed by atoms with Gasteiger partial charge in [-0.2, -0.15) is 0 Å². The van der Waals surface area contributed by atoms with Crippen molar-refractivity contribution in [3.8, 4) is 0 Å². The molecule has 0 saturated carbocycles. The van der Waals surface area contributed by atoms with Gasteiger partial charge in [-0.05, 0) is 17.7 Å². The quantitative estimate of drug-likeness (QED) is 0.790. The fourth-order valence-corrected chi connectivity index (χ4v) is 2.57. The Bertz CT molecular complexity index is 666. The van der Waals surface area contributed by atoms with Crippen molar-refractivity contribution in [2.45, 2.75) is 18.0 Å². The number of rotatable bonds is 5. The smallest absolute Gasteiger partial charge is 0.240 e. The Hall–Kier alpha value is -1.77. The molecule has 7 nitrogen and oxygen atoms in total. The highest BCUT2D eigenvalue weighted by Crippen LogP contribution is 2.11. The Morgan fingerprint density at radius 1 is 1.42 bits per heavy atom. The average molecular weight is 282 g/mol. The number of aliphatic hydroxyl groups is 1. The second kappa shape index (κ2) is 5.47. The molecule has 102 valence electrons. The van der Waals surface area contributed by atoms with E-state index < -0.39 is 10.0 Å². The van der Waals surface area contributed by atoms with Crippen LogP contribution in [-0.2, 0) is 30.2 Å². The molecule has 0 spiro atoms. The minimum absolute atomic E-state index is 0.0577. The molecule has 8 heteroatoms. The van der Waals surface area contributed by atoms with Gasteiger partial charge in [-0.3, -0.25) is 0 Å². The first-order chi connectivity index (χ1) is 9.03. The molecule has 0 bridgehead atoms. The van der Waals surface area contributed by atoms with Crippen molar-refractivity contribution in [2.24, 2.45) is 7.05 Å². The molecular weight excluding hydrogens is 268 g/mol. The van der Waals surface area contributed by atoms with Crippen molar-refractivity contribution >= 4 is 10.0 Å². The SMILES string of the molecule is Cn1cnnc1CNS(=O)(=O)c1cccc(CO)c1. The first-order valence-electron chi connectivity index (χ1n) is 5.55. The van der Waals surface area contributed by atoms with Gasteiger partial charge in [0.15, 0.2) is 0 Å². The average Bonchev–Trinajstić information content (AvgIpc) is 2.82. The number of aryl methyl sites for hydroxylation is 1. The number of hydrogen-bond acceptors (Lipinski definition) is 5. The first-order valence-corrected chi connectivity index (χ1v) is 7.03. The van der Waals surface area contributed by atoms with Crippen LogP contribution in [0.1, 0.15) is 11.4 Å². The molecule has 1 aromatic carbocycles. The van der Waals surface area contributed by atoms with E-state index in [4.69, 9.17) is 5.11 Å². The maximum absolute atomic E-state index is 12.1. The Balaban J connectivity index is 2.16. The molecular formula is C11H14N4O3S. The van der Waals surface area contributed by atoms with E-state index in [2.05, 4.69) is 14.9 Å². The number of sulfonamides is 1. The maximum Gasteiger partial charge on any atom is 0.240 e. The maximum atomic E-state index is 12.1. The van der Waals surface area contributed by atoms with Crippen molar-refractivity contribution in [3.05, 3.63) is 42.0 Å². The Morgan fingerprint density at radius 3 is 2.84 bits per heavy atom. The molecule has 2 rings (SSSR count). The molecule has 2 N–H and O–H groups in total. The summed E-state index contributed by atoms with van der Waals surface area (Å²) in [6.45, 7) is -0.144. The van der Waals surface area contributed by atoms with Crippen LogP contribution in [0.4, 0.5) is 0 Å². The minimum atomic E-state index is -3.63. The van der Waals surface area contributed by atoms with Crippen LogP contribution >= 0.6 is 0 Å². The van der Waals surface area contributed by atoms with E-state index >= 15 is 0 Å². The molecule has 19 heavy (non-hydrogen) atoms. The van der Waals surface area contributed by atoms with Crippen molar-refractivity contribution in [1.29, 1.82) is 0 Å². The van der Waals surface area contributed by atoms with Crippen molar-refractivity contribution < 1.29 is 13.5 Å². The number of hydrogen-bond donors (Lipinski definition) is 2. The third-order valence-electron chi connectivity index (χ3n) is 2.62. The highest BCUT2D eigenvalue weighted by Gasteiger charge is 2.15. The highest BCUT2D eigenvalue weighted by molar-refractivity contribution is 7.89. The molecule has 0 aliphatic rings. The number of nitrogens with one attached hydrogen (secondary N) is 1. The van der Waals surface area contributed by atoms with Gasteiger partial charge in [0.25, 0.3) is 0 Å². The number of aliphatic hydroxyl groups excluding tert-OH is 1. The fourth-order valence-electron chi connectivity index (χ4n) is 1.52. The Labute approximate surface area is 111 Å². The summed E-state index contributed by atoms with van der Waals surface area (Å²) in [5.74, 6) is 0.516. The zero-order valence-electron chi connectivity index (χ0n) is 10.3. The first kappa shape index (κ1) is 13.7. The van der Waals surface area contributed by atoms with Gasteiger partial charge < -0.3 is 9.67 Å². The normalized spacial score (nSPS) is 11.7. The van der Waals surface area contributed by atoms with Crippen LogP contribution in [0, 0.1) is 0 Å². The molecule has 1 aromatic heterocycles. The number of aromatic nitrogens is 3. The fraction of sp³-hybridized carbons (Fsp3) is 0.273. The van der Waals surface area contributed by atoms with Crippen molar-refractivity contribution in [3.63, 3.8) is 0 Å². The molecule has 0 aliphatic carbocycles. The summed E-state index contributed by atoms with van der Waals surface area (Å²) in [6.07, 6.45) is 1.50. The summed E-state index contributed by atoms with van der Waals surface area (Å²) in [5.41, 5.74) is 0.543. The van der Waals surface area contributed by atoms with Crippen molar-refractivity contribution in [2.75, 3.05) is 0 Å². The standard InChI is InChI=1S/C11H14N4O3S/c1-15-8-12-14-11(15)6-13-19(17,18)10-4-2-3-9(5-10)7-16/h2-5,8,13,16H,6-7H2,1H3. The molecule has 0 saturated heterocycles. The van der Waals surface area contributed by atoms with E-state index in [1.54, 1.807) is 23.7 Å². The zero-order valence-corrected chi connectivity index (χ0v) is 11.1. The Morgan fingerprint density at radius 2 is 2.21 bits per heavy atom. The summed E-state index contributed by atoms with van der Waals surface area (Å²) in [4.78, 5) is 0.112. The summed E-state index contributed by atoms with van der Waals surface area (Å²) in [7, 11) is -1.90. The van der Waals surface area contributed by atoms with Crippen molar-refractivity contribution in [1.82, 2.24) is 19.5 Å². The van der Waals surface area contributed by atoms with E-state index in [0.717, 1.165) is 0 Å². The summed E-state index contributed by atoms with van der Waals surface area (Å²) in [6, 6.07) is 6.14. The lowest BCUT2D eigenvalue weighted by Gasteiger charge is -2.07. The molecule has 2 aromatic rings. The molecule has 0 fully saturated rings. The van der Waals surface area contributed by atoms with Crippen LogP contribution in [-0.4, -0.2) is 28.3 Å². The highest BCUT2D eigenvalue weighted by atomic mass is 32.2. The van der Waals surface area contributed by atoms with Crippen LogP contribution in [0.5, 0.6) is 0 Å². The lowest BCUT2D eigenvalue weighted by Crippen LogP contribution is -2.24. The van der Waals surface area contributed by atoms with Gasteiger partial charge in [0.05, 0.1) is 18.0 Å². The number of benzene rings is 1. The zero-order chi connectivity index (χ0) is 13.9. The van der Waals surface area contributed by atoms with E-state index in [9.17, 15) is 8.42 Å². The predicted octanol–water partition coefficient (Wildman–Crippen LogP) is -0.214. The van der Waals surface area contributed by atoms with Gasteiger partial charge >= 0.3 is 0 Å². The lowest BCUT2D eigenvalue weighted by atomic mass is 10.2. The lowest BCUT2D eigenvalue weighted by molar-refractivity contribution is 0.281. The van der Waals surface area contributed by atoms with Crippen LogP contribution < -0.4 is 4.72 Å². The minimum Gasteiger partial charge on any atom is -0.392 e. The summed E-state index contributed by atoms with van der Waals surface area (Å²) in [5, 5.41) is 16.5. The molecule has 0 amide bonds. The van der Waals surface area contributed by atoms with Crippen LogP contribution in [0.25, 0.3) is 0 Å². The van der Waals surface area contributed by atoms with Crippen LogP contribution in [0.3, 0.4) is 0 Å². The summed E-state index contributed by atoms with van der Waals surface area (Å²) >= 11 is 0. The van der Waals surface area contributed by atoms with E-state index in [0.29, 0.717) is 11.4 Å². The third kappa shape index (κ3) is 3.16. The van der Waals surface area contributed by atoms with Crippen LogP contribution in [0.2, 0.25) is 0 Å². The Kier molecular flexibility index (Phi) is 3.93. The van der Waals surface area contributed by atoms with Gasteiger partial charge in [0.2, 0.25) is 10.0 Å². The van der Waals surface area contributed by atoms with Crippen LogP contribution in [0.15, 0.2) is 35.5 Å². The van der Waals surface area contributed by atoms with E-state index in [-0.39, 0.29) is 18.0 Å². The molecule has 0 radical (unpaired) electrons. The third-order valence-corrected chi connectivity index (χ3v) is 4.02. The molecule has 0 atom stereocenters. The summed E-state index contributed by atoms with van der Waals surface area (Å²) < 4.78 is 28.2. The van der Waals surface area contributed by atoms with E-state index in [1.165, 1.54) is 18.5 Å². The van der Waals surface area contributed by atoms with Gasteiger partial charge in [-0.1, -0.05) is 12.1 Å². The predicted molar refractivity (Wildman–Crippen MR) is 67.4 cm³/mol. The molecule has 1 heterocycles. The topological polar surface area (TPSA) is 97.1 Å². The largest absolute Gasteiger partial charge is 0.392 e. The molecule has 0 aliphatic heterocycles. The van der Waals surface area contributed by atoms with Gasteiger partial charge in [0, 0.05) is 7.05 Å². The van der Waals surface area contributed by atoms with Gasteiger partial charge in [-0.25, -0.2) is 13.1 Å². The second-order valence-electron chi connectivity index (χ2n) is 3.99. The molecule has 0 unspecified atom stereocenters. The number of nitrogens with zero attached hydrogens (tertiary/aromatic N) is 3. The second-order valence-corrected chi connectivity index (χ2v) is 5.76.